The first-order valence-corrected chi connectivity index (χ1v) is 14.9. The zero-order valence-electron chi connectivity index (χ0n) is 24.6. The molecule has 0 saturated carbocycles. The molecule has 234 valence electrons. The van der Waals surface area contributed by atoms with E-state index in [-0.39, 0.29) is 30.6 Å². The van der Waals surface area contributed by atoms with Crippen molar-refractivity contribution in [1.29, 1.82) is 0 Å². The van der Waals surface area contributed by atoms with E-state index >= 15 is 0 Å². The standard InChI is InChI=1S/C35H35F3N4O3/c36-35(37,38)29-12-4-9-25(19-29)22-40-23-32(43)30(20-24-7-2-1-3-8-24)41-33(44)27-10-5-11-28(21-27)34(45)42-18-6-13-31(42)26-14-16-39-17-15-26/h1-5,7-12,14-17,19,21,30-32,40,43H,6,13,18,20,22-23H2,(H,41,44)/t30-,31?,32-/m0/s1. The van der Waals surface area contributed by atoms with Crippen LogP contribution >= 0.6 is 0 Å². The number of amides is 2. The van der Waals surface area contributed by atoms with Crippen molar-refractivity contribution in [2.45, 2.75) is 50.2 Å². The molecule has 1 aliphatic heterocycles. The van der Waals surface area contributed by atoms with Crippen LogP contribution in [-0.4, -0.2) is 52.0 Å². The Labute approximate surface area is 260 Å². The van der Waals surface area contributed by atoms with E-state index < -0.39 is 29.8 Å². The number of nitrogens with zero attached hydrogens (tertiary/aromatic N) is 2. The van der Waals surface area contributed by atoms with Crippen LogP contribution in [0.15, 0.2) is 103 Å². The van der Waals surface area contributed by atoms with E-state index in [1.807, 2.05) is 47.4 Å². The third-order valence-corrected chi connectivity index (χ3v) is 7.99. The van der Waals surface area contributed by atoms with Gasteiger partial charge in [-0.25, -0.2) is 0 Å². The summed E-state index contributed by atoms with van der Waals surface area (Å²) >= 11 is 0. The first-order valence-electron chi connectivity index (χ1n) is 14.9. The average Bonchev–Trinajstić information content (AvgIpc) is 3.55. The Morgan fingerprint density at radius 1 is 0.911 bits per heavy atom. The molecule has 3 atom stereocenters. The Bertz CT molecular complexity index is 1580. The molecule has 2 amide bonds. The maximum absolute atomic E-state index is 13.6. The Morgan fingerprint density at radius 3 is 2.38 bits per heavy atom. The van der Waals surface area contributed by atoms with Crippen LogP contribution in [0, 0.1) is 0 Å². The van der Waals surface area contributed by atoms with Gasteiger partial charge in [0.2, 0.25) is 0 Å². The number of likely N-dealkylation sites (tertiary alicyclic amines) is 1. The second kappa shape index (κ2) is 14.5. The molecular weight excluding hydrogens is 581 g/mol. The molecule has 4 aromatic rings. The highest BCUT2D eigenvalue weighted by Gasteiger charge is 2.32. The van der Waals surface area contributed by atoms with Crippen molar-refractivity contribution in [2.75, 3.05) is 13.1 Å². The number of rotatable bonds is 11. The number of halogens is 3. The molecule has 1 aromatic heterocycles. The normalized spacial score (nSPS) is 16.3. The summed E-state index contributed by atoms with van der Waals surface area (Å²) in [5, 5.41) is 17.1. The molecule has 0 aliphatic carbocycles. The van der Waals surface area contributed by atoms with Gasteiger partial charge in [-0.05, 0) is 72.4 Å². The maximum atomic E-state index is 13.6. The second-order valence-corrected chi connectivity index (χ2v) is 11.2. The van der Waals surface area contributed by atoms with E-state index in [1.165, 1.54) is 6.07 Å². The van der Waals surface area contributed by atoms with Gasteiger partial charge in [0.15, 0.2) is 0 Å². The van der Waals surface area contributed by atoms with Crippen LogP contribution in [0.5, 0.6) is 0 Å². The van der Waals surface area contributed by atoms with Crippen molar-refractivity contribution in [3.63, 3.8) is 0 Å². The van der Waals surface area contributed by atoms with Gasteiger partial charge < -0.3 is 20.6 Å². The molecule has 7 nitrogen and oxygen atoms in total. The molecule has 0 bridgehead atoms. The third kappa shape index (κ3) is 8.34. The molecule has 3 aromatic carbocycles. The van der Waals surface area contributed by atoms with Crippen molar-refractivity contribution < 1.29 is 27.9 Å². The fourth-order valence-corrected chi connectivity index (χ4v) is 5.67. The van der Waals surface area contributed by atoms with Gasteiger partial charge in [0.1, 0.15) is 0 Å². The van der Waals surface area contributed by atoms with Crippen LogP contribution in [0.2, 0.25) is 0 Å². The molecule has 1 fully saturated rings. The zero-order valence-corrected chi connectivity index (χ0v) is 24.6. The third-order valence-electron chi connectivity index (χ3n) is 7.99. The quantitative estimate of drug-likeness (QED) is 0.205. The lowest BCUT2D eigenvalue weighted by Crippen LogP contribution is -2.48. The van der Waals surface area contributed by atoms with Crippen LogP contribution in [-0.2, 0) is 19.1 Å². The van der Waals surface area contributed by atoms with Gasteiger partial charge in [-0.2, -0.15) is 13.2 Å². The molecule has 5 rings (SSSR count). The molecule has 0 radical (unpaired) electrons. The largest absolute Gasteiger partial charge is 0.416 e. The van der Waals surface area contributed by atoms with Gasteiger partial charge in [0, 0.05) is 43.2 Å². The van der Waals surface area contributed by atoms with Crippen LogP contribution in [0.25, 0.3) is 0 Å². The highest BCUT2D eigenvalue weighted by molar-refractivity contribution is 6.00. The summed E-state index contributed by atoms with van der Waals surface area (Å²) in [5.41, 5.74) is 2.26. The molecule has 0 spiro atoms. The molecule has 1 saturated heterocycles. The number of aliphatic hydroxyl groups excluding tert-OH is 1. The fourth-order valence-electron chi connectivity index (χ4n) is 5.67. The summed E-state index contributed by atoms with van der Waals surface area (Å²) in [6.45, 7) is 0.743. The highest BCUT2D eigenvalue weighted by atomic mass is 19.4. The highest BCUT2D eigenvalue weighted by Crippen LogP contribution is 2.33. The zero-order chi connectivity index (χ0) is 31.8. The molecule has 2 heterocycles. The van der Waals surface area contributed by atoms with Crippen molar-refractivity contribution in [2.24, 2.45) is 0 Å². The van der Waals surface area contributed by atoms with E-state index in [0.717, 1.165) is 36.1 Å². The van der Waals surface area contributed by atoms with E-state index in [1.54, 1.807) is 42.7 Å². The predicted octanol–water partition coefficient (Wildman–Crippen LogP) is 5.57. The first kappa shape index (κ1) is 31.9. The summed E-state index contributed by atoms with van der Waals surface area (Å²) in [7, 11) is 0. The number of aromatic nitrogens is 1. The van der Waals surface area contributed by atoms with Gasteiger partial charge in [0.25, 0.3) is 11.8 Å². The Balaban J connectivity index is 1.27. The van der Waals surface area contributed by atoms with Gasteiger partial charge in [-0.3, -0.25) is 14.6 Å². The Kier molecular flexibility index (Phi) is 10.3. The minimum absolute atomic E-state index is 0.0257. The summed E-state index contributed by atoms with van der Waals surface area (Å²) in [6, 6.07) is 23.9. The van der Waals surface area contributed by atoms with E-state index in [2.05, 4.69) is 15.6 Å². The number of pyridine rings is 1. The molecule has 45 heavy (non-hydrogen) atoms. The van der Waals surface area contributed by atoms with Crippen LogP contribution < -0.4 is 10.6 Å². The number of benzene rings is 3. The topological polar surface area (TPSA) is 94.6 Å². The minimum atomic E-state index is -4.45. The SMILES string of the molecule is O=C(N[C@@H](Cc1ccccc1)[C@@H](O)CNCc1cccc(C(F)(F)F)c1)c1cccc(C(=O)N2CCCC2c2ccncc2)c1. The van der Waals surface area contributed by atoms with E-state index in [4.69, 9.17) is 0 Å². The predicted molar refractivity (Wildman–Crippen MR) is 164 cm³/mol. The molecule has 10 heteroatoms. The van der Waals surface area contributed by atoms with Crippen LogP contribution in [0.1, 0.15) is 61.9 Å². The van der Waals surface area contributed by atoms with Crippen molar-refractivity contribution in [3.05, 3.63) is 137 Å². The van der Waals surface area contributed by atoms with Gasteiger partial charge in [-0.1, -0.05) is 54.6 Å². The lowest BCUT2D eigenvalue weighted by Gasteiger charge is -2.26. The summed E-state index contributed by atoms with van der Waals surface area (Å²) in [5.74, 6) is -0.613. The van der Waals surface area contributed by atoms with E-state index in [9.17, 15) is 27.9 Å². The van der Waals surface area contributed by atoms with Crippen molar-refractivity contribution in [1.82, 2.24) is 20.5 Å². The summed E-state index contributed by atoms with van der Waals surface area (Å²) < 4.78 is 39.3. The van der Waals surface area contributed by atoms with Crippen LogP contribution in [0.4, 0.5) is 13.2 Å². The number of carbonyl (C=O) groups excluding carboxylic acids is 2. The number of aliphatic hydroxyl groups is 1. The number of alkyl halides is 3. The molecule has 3 N–H and O–H groups in total. The number of carbonyl (C=O) groups is 2. The molecule has 1 unspecified atom stereocenters. The van der Waals surface area contributed by atoms with Crippen molar-refractivity contribution in [3.8, 4) is 0 Å². The number of hydrogen-bond acceptors (Lipinski definition) is 5. The Morgan fingerprint density at radius 2 is 1.62 bits per heavy atom. The fraction of sp³-hybridized carbons (Fsp3) is 0.286. The summed E-state index contributed by atoms with van der Waals surface area (Å²) in [6.07, 6.45) is -0.0471. The Hall–Kier alpha value is -4.54. The minimum Gasteiger partial charge on any atom is -0.390 e. The van der Waals surface area contributed by atoms with Crippen LogP contribution in [0.3, 0.4) is 0 Å². The monoisotopic (exact) mass is 616 g/mol. The van der Waals surface area contributed by atoms with Crippen molar-refractivity contribution >= 4 is 11.8 Å². The van der Waals surface area contributed by atoms with E-state index in [0.29, 0.717) is 24.1 Å². The number of hydrogen-bond donors (Lipinski definition) is 3. The lowest BCUT2D eigenvalue weighted by atomic mass is 10.00. The second-order valence-electron chi connectivity index (χ2n) is 11.2. The number of nitrogens with one attached hydrogen (secondary N) is 2. The smallest absolute Gasteiger partial charge is 0.390 e. The summed E-state index contributed by atoms with van der Waals surface area (Å²) in [4.78, 5) is 32.9. The van der Waals surface area contributed by atoms with Gasteiger partial charge >= 0.3 is 6.18 Å². The molecule has 1 aliphatic rings. The van der Waals surface area contributed by atoms with Gasteiger partial charge in [0.05, 0.1) is 23.8 Å². The lowest BCUT2D eigenvalue weighted by molar-refractivity contribution is -0.137. The van der Waals surface area contributed by atoms with Gasteiger partial charge in [-0.15, -0.1) is 0 Å². The average molecular weight is 617 g/mol. The molecular formula is C35H35F3N4O3. The first-order chi connectivity index (χ1) is 21.7. The maximum Gasteiger partial charge on any atom is 0.416 e.